The molecule has 1 aliphatic rings. The Hall–Kier alpha value is -3.13. The maximum absolute atomic E-state index is 11.7. The van der Waals surface area contributed by atoms with Crippen molar-refractivity contribution in [2.24, 2.45) is 0 Å². The fourth-order valence-corrected chi connectivity index (χ4v) is 3.06. The van der Waals surface area contributed by atoms with Crippen LogP contribution in [-0.2, 0) is 4.74 Å². The van der Waals surface area contributed by atoms with Crippen molar-refractivity contribution >= 4 is 22.9 Å². The highest BCUT2D eigenvalue weighted by Crippen LogP contribution is 2.32. The smallest absolute Gasteiger partial charge is 0.254 e. The zero-order valence-electron chi connectivity index (χ0n) is 14.7. The summed E-state index contributed by atoms with van der Waals surface area (Å²) in [6.07, 6.45) is -0.359. The van der Waals surface area contributed by atoms with Crippen molar-refractivity contribution in [1.29, 1.82) is 0 Å². The molecule has 148 valence electrons. The van der Waals surface area contributed by atoms with Gasteiger partial charge in [-0.15, -0.1) is 0 Å². The zero-order valence-corrected chi connectivity index (χ0v) is 14.7. The Morgan fingerprint density at radius 3 is 2.82 bits per heavy atom. The number of nitrogens with two attached hydrogens (primary N) is 1. The summed E-state index contributed by atoms with van der Waals surface area (Å²) in [5.41, 5.74) is 6.88. The lowest BCUT2D eigenvalue weighted by Crippen LogP contribution is -2.33. The molecular weight excluding hydrogens is 372 g/mol. The van der Waals surface area contributed by atoms with Crippen LogP contribution < -0.4 is 11.1 Å². The van der Waals surface area contributed by atoms with Crippen LogP contribution in [0.15, 0.2) is 18.7 Å². The van der Waals surface area contributed by atoms with E-state index in [-0.39, 0.29) is 28.8 Å². The van der Waals surface area contributed by atoms with Crippen molar-refractivity contribution in [1.82, 2.24) is 34.6 Å². The van der Waals surface area contributed by atoms with Crippen molar-refractivity contribution in [3.63, 3.8) is 0 Å². The number of aromatic nitrogens is 6. The van der Waals surface area contributed by atoms with Crippen LogP contribution in [-0.4, -0.2) is 82.5 Å². The largest absolute Gasteiger partial charge is 0.394 e. The van der Waals surface area contributed by atoms with E-state index in [1.165, 1.54) is 35.0 Å². The number of rotatable bonds is 4. The highest BCUT2D eigenvalue weighted by molar-refractivity contribution is 5.93. The molecule has 3 aromatic rings. The molecule has 3 aromatic heterocycles. The molecule has 13 heteroatoms. The molecule has 4 heterocycles. The van der Waals surface area contributed by atoms with Gasteiger partial charge in [0.25, 0.3) is 11.9 Å². The fraction of sp³-hybridized carbons (Fsp3) is 0.400. The van der Waals surface area contributed by atoms with Gasteiger partial charge in [0.15, 0.2) is 17.7 Å². The average molecular weight is 390 g/mol. The van der Waals surface area contributed by atoms with Crippen LogP contribution in [0.1, 0.15) is 16.6 Å². The van der Waals surface area contributed by atoms with E-state index in [9.17, 15) is 20.1 Å². The number of ether oxygens (including phenoxy) is 1. The highest BCUT2D eigenvalue weighted by atomic mass is 16.6. The fourth-order valence-electron chi connectivity index (χ4n) is 3.06. The molecule has 0 aromatic carbocycles. The van der Waals surface area contributed by atoms with E-state index in [0.29, 0.717) is 5.56 Å². The molecule has 1 saturated heterocycles. The molecule has 13 nitrogen and oxygen atoms in total. The molecule has 4 atom stereocenters. The van der Waals surface area contributed by atoms with Crippen molar-refractivity contribution in [2.45, 2.75) is 24.5 Å². The van der Waals surface area contributed by atoms with Gasteiger partial charge in [-0.25, -0.2) is 9.67 Å². The number of nitrogen functional groups attached to an aromatic ring is 1. The van der Waals surface area contributed by atoms with Crippen molar-refractivity contribution < 1.29 is 24.9 Å². The Morgan fingerprint density at radius 2 is 2.14 bits per heavy atom. The Bertz CT molecular complexity index is 1030. The minimum atomic E-state index is -1.30. The standard InChI is InChI=1S/C15H18N8O5/c1-17-13(27)6-2-19-23(3-6)15-20-11(16)8-12(21-15)18-5-22(8)14-10(26)9(25)7(4-24)28-14/h2-3,5,7,9-10,14,24-26H,4H2,1H3,(H,17,27)(H2,16,20,21). The number of hydrogen-bond donors (Lipinski definition) is 5. The Labute approximate surface area is 157 Å². The van der Waals surface area contributed by atoms with Crippen LogP contribution in [0.3, 0.4) is 0 Å². The number of aliphatic hydroxyl groups is 3. The number of anilines is 1. The van der Waals surface area contributed by atoms with Gasteiger partial charge in [0.2, 0.25) is 0 Å². The van der Waals surface area contributed by atoms with Crippen molar-refractivity contribution in [3.8, 4) is 5.95 Å². The molecule has 0 radical (unpaired) electrons. The van der Waals surface area contributed by atoms with Gasteiger partial charge >= 0.3 is 0 Å². The number of carbonyl (C=O) groups is 1. The molecule has 1 fully saturated rings. The predicted octanol–water partition coefficient (Wildman–Crippen LogP) is -2.43. The van der Waals surface area contributed by atoms with E-state index in [2.05, 4.69) is 25.4 Å². The zero-order chi connectivity index (χ0) is 20.0. The monoisotopic (exact) mass is 390 g/mol. The molecule has 1 amide bonds. The number of imidazole rings is 1. The Kier molecular flexibility index (Phi) is 4.43. The lowest BCUT2D eigenvalue weighted by molar-refractivity contribution is -0.0508. The van der Waals surface area contributed by atoms with Gasteiger partial charge in [0, 0.05) is 13.2 Å². The molecule has 1 aliphatic heterocycles. The number of fused-ring (bicyclic) bond motifs is 1. The summed E-state index contributed by atoms with van der Waals surface area (Å²) in [5.74, 6) is -0.173. The van der Waals surface area contributed by atoms with E-state index in [1.807, 2.05) is 0 Å². The second kappa shape index (κ2) is 6.79. The quantitative estimate of drug-likeness (QED) is 0.320. The Morgan fingerprint density at radius 1 is 1.36 bits per heavy atom. The number of carbonyl (C=O) groups excluding carboxylic acids is 1. The number of nitrogens with zero attached hydrogens (tertiary/aromatic N) is 6. The van der Waals surface area contributed by atoms with Gasteiger partial charge in [0.05, 0.1) is 18.4 Å². The van der Waals surface area contributed by atoms with E-state index in [0.717, 1.165) is 0 Å². The van der Waals surface area contributed by atoms with Crippen LogP contribution in [0.5, 0.6) is 0 Å². The molecule has 0 aliphatic carbocycles. The van der Waals surface area contributed by atoms with Crippen LogP contribution >= 0.6 is 0 Å². The first-order valence-electron chi connectivity index (χ1n) is 8.34. The molecule has 0 saturated carbocycles. The molecule has 28 heavy (non-hydrogen) atoms. The third kappa shape index (κ3) is 2.77. The van der Waals surface area contributed by atoms with Crippen LogP contribution in [0.2, 0.25) is 0 Å². The first kappa shape index (κ1) is 18.2. The normalized spacial score (nSPS) is 24.7. The summed E-state index contributed by atoms with van der Waals surface area (Å²) in [4.78, 5) is 24.3. The molecule has 6 N–H and O–H groups in total. The van der Waals surface area contributed by atoms with Crippen LogP contribution in [0.25, 0.3) is 17.1 Å². The van der Waals surface area contributed by atoms with Gasteiger partial charge in [-0.1, -0.05) is 0 Å². The maximum atomic E-state index is 11.7. The van der Waals surface area contributed by atoms with Crippen molar-refractivity contribution in [3.05, 3.63) is 24.3 Å². The van der Waals surface area contributed by atoms with Crippen LogP contribution in [0, 0.1) is 0 Å². The number of amides is 1. The van der Waals surface area contributed by atoms with Gasteiger partial charge < -0.3 is 31.1 Å². The Balaban J connectivity index is 1.72. The van der Waals surface area contributed by atoms with E-state index >= 15 is 0 Å². The molecular formula is C15H18N8O5. The van der Waals surface area contributed by atoms with Gasteiger partial charge in [0.1, 0.15) is 30.2 Å². The first-order valence-corrected chi connectivity index (χ1v) is 8.34. The summed E-state index contributed by atoms with van der Waals surface area (Å²) in [7, 11) is 1.50. The second-order valence-corrected chi connectivity index (χ2v) is 6.21. The SMILES string of the molecule is CNC(=O)c1cnn(-c2nc(N)c3c(ncn3C3OC(CO)C(O)C3O)n2)c1. The lowest BCUT2D eigenvalue weighted by Gasteiger charge is -2.17. The topological polar surface area (TPSA) is 186 Å². The molecule has 4 unspecified atom stereocenters. The molecule has 0 spiro atoms. The van der Waals surface area contributed by atoms with E-state index in [4.69, 9.17) is 10.5 Å². The van der Waals surface area contributed by atoms with E-state index < -0.39 is 31.1 Å². The third-order valence-corrected chi connectivity index (χ3v) is 4.51. The van der Waals surface area contributed by atoms with Crippen molar-refractivity contribution in [2.75, 3.05) is 19.4 Å². The summed E-state index contributed by atoms with van der Waals surface area (Å²) in [6, 6.07) is 0. The first-order chi connectivity index (χ1) is 13.4. The van der Waals surface area contributed by atoms with Crippen LogP contribution in [0.4, 0.5) is 5.82 Å². The minimum Gasteiger partial charge on any atom is -0.394 e. The lowest BCUT2D eigenvalue weighted by atomic mass is 10.1. The van der Waals surface area contributed by atoms with Gasteiger partial charge in [-0.2, -0.15) is 15.1 Å². The summed E-state index contributed by atoms with van der Waals surface area (Å²) < 4.78 is 8.18. The second-order valence-electron chi connectivity index (χ2n) is 6.21. The molecule has 0 bridgehead atoms. The highest BCUT2D eigenvalue weighted by Gasteiger charge is 2.44. The number of hydrogen-bond acceptors (Lipinski definition) is 10. The average Bonchev–Trinajstić information content (AvgIpc) is 3.40. The maximum Gasteiger partial charge on any atom is 0.254 e. The van der Waals surface area contributed by atoms with Gasteiger partial charge in [-0.3, -0.25) is 9.36 Å². The predicted molar refractivity (Wildman–Crippen MR) is 93.3 cm³/mol. The summed E-state index contributed by atoms with van der Waals surface area (Å²) in [6.45, 7) is -0.454. The minimum absolute atomic E-state index is 0.0345. The third-order valence-electron chi connectivity index (χ3n) is 4.51. The number of nitrogens with one attached hydrogen (secondary N) is 1. The van der Waals surface area contributed by atoms with Gasteiger partial charge in [-0.05, 0) is 0 Å². The van der Waals surface area contributed by atoms with E-state index in [1.54, 1.807) is 0 Å². The number of aliphatic hydroxyl groups excluding tert-OH is 3. The summed E-state index contributed by atoms with van der Waals surface area (Å²) in [5, 5.41) is 36.0. The summed E-state index contributed by atoms with van der Waals surface area (Å²) >= 11 is 0. The molecule has 4 rings (SSSR count).